The van der Waals surface area contributed by atoms with Gasteiger partial charge in [-0.1, -0.05) is 37.8 Å². The Balaban J connectivity index is 0.000000845. The van der Waals surface area contributed by atoms with E-state index in [9.17, 15) is 5.11 Å². The lowest BCUT2D eigenvalue weighted by Crippen LogP contribution is -2.17. The van der Waals surface area contributed by atoms with E-state index in [-0.39, 0.29) is 7.43 Å². The van der Waals surface area contributed by atoms with E-state index in [0.717, 1.165) is 5.56 Å². The van der Waals surface area contributed by atoms with Crippen molar-refractivity contribution in [1.82, 2.24) is 0 Å². The second-order valence-corrected chi connectivity index (χ2v) is 2.73. The molecule has 2 heteroatoms. The molecule has 1 N–H and O–H groups in total. The summed E-state index contributed by atoms with van der Waals surface area (Å²) in [4.78, 5) is 3.96. The third-order valence-electron chi connectivity index (χ3n) is 1.88. The standard InChI is InChI=1S/C10H9NO.CH4/c12-10(7-4-8-11-10)9-5-2-1-3-6-9;/h1-8,12H;1H4. The topological polar surface area (TPSA) is 32.6 Å². The maximum Gasteiger partial charge on any atom is 0.202 e. The summed E-state index contributed by atoms with van der Waals surface area (Å²) in [5, 5.41) is 9.88. The molecule has 0 saturated carbocycles. The summed E-state index contributed by atoms with van der Waals surface area (Å²) in [6, 6.07) is 9.39. The van der Waals surface area contributed by atoms with Gasteiger partial charge < -0.3 is 5.11 Å². The summed E-state index contributed by atoms with van der Waals surface area (Å²) < 4.78 is 0. The molecule has 1 aromatic rings. The highest BCUT2D eigenvalue weighted by molar-refractivity contribution is 5.75. The highest BCUT2D eigenvalue weighted by Crippen LogP contribution is 2.26. The van der Waals surface area contributed by atoms with Gasteiger partial charge in [0, 0.05) is 11.8 Å². The predicted octanol–water partition coefficient (Wildman–Crippen LogP) is 2.11. The van der Waals surface area contributed by atoms with Crippen molar-refractivity contribution in [3.8, 4) is 0 Å². The first-order valence-electron chi connectivity index (χ1n) is 3.82. The number of rotatable bonds is 1. The van der Waals surface area contributed by atoms with E-state index >= 15 is 0 Å². The fourth-order valence-electron chi connectivity index (χ4n) is 1.23. The highest BCUT2D eigenvalue weighted by atomic mass is 16.3. The third-order valence-corrected chi connectivity index (χ3v) is 1.88. The maximum absolute atomic E-state index is 9.88. The van der Waals surface area contributed by atoms with Crippen LogP contribution in [0.4, 0.5) is 0 Å². The van der Waals surface area contributed by atoms with Gasteiger partial charge in [-0.05, 0) is 12.2 Å². The molecular formula is C11H13NO. The lowest BCUT2D eigenvalue weighted by atomic mass is 10.0. The van der Waals surface area contributed by atoms with Crippen LogP contribution in [0.2, 0.25) is 0 Å². The Kier molecular flexibility index (Phi) is 2.63. The SMILES string of the molecule is C.OC1(c2ccccc2)C=CC=N1. The van der Waals surface area contributed by atoms with Gasteiger partial charge in [-0.3, -0.25) is 4.99 Å². The van der Waals surface area contributed by atoms with Crippen molar-refractivity contribution in [3.05, 3.63) is 48.0 Å². The molecule has 0 aromatic heterocycles. The Morgan fingerprint density at radius 2 is 1.85 bits per heavy atom. The van der Waals surface area contributed by atoms with Crippen LogP contribution in [0.1, 0.15) is 13.0 Å². The Morgan fingerprint density at radius 3 is 2.38 bits per heavy atom. The lowest BCUT2D eigenvalue weighted by molar-refractivity contribution is 0.104. The normalized spacial score (nSPS) is 24.4. The van der Waals surface area contributed by atoms with Gasteiger partial charge in [0.05, 0.1) is 0 Å². The van der Waals surface area contributed by atoms with Gasteiger partial charge in [-0.25, -0.2) is 0 Å². The largest absolute Gasteiger partial charge is 0.362 e. The van der Waals surface area contributed by atoms with Crippen molar-refractivity contribution in [2.75, 3.05) is 0 Å². The molecule has 0 radical (unpaired) electrons. The Bertz CT molecular complexity index is 315. The molecule has 0 aliphatic carbocycles. The molecule has 1 heterocycles. The molecule has 0 saturated heterocycles. The van der Waals surface area contributed by atoms with Gasteiger partial charge in [0.2, 0.25) is 5.72 Å². The van der Waals surface area contributed by atoms with Crippen LogP contribution >= 0.6 is 0 Å². The van der Waals surface area contributed by atoms with E-state index < -0.39 is 5.72 Å². The second kappa shape index (κ2) is 3.54. The summed E-state index contributed by atoms with van der Waals surface area (Å²) in [6.07, 6.45) is 5.02. The number of nitrogens with zero attached hydrogens (tertiary/aromatic N) is 1. The van der Waals surface area contributed by atoms with E-state index in [1.165, 1.54) is 0 Å². The average Bonchev–Trinajstić information content (AvgIpc) is 2.55. The molecule has 2 rings (SSSR count). The van der Waals surface area contributed by atoms with E-state index in [1.807, 2.05) is 30.3 Å². The van der Waals surface area contributed by atoms with Gasteiger partial charge in [-0.2, -0.15) is 0 Å². The lowest BCUT2D eigenvalue weighted by Gasteiger charge is -2.16. The first-order chi connectivity index (χ1) is 5.81. The van der Waals surface area contributed by atoms with Crippen LogP contribution in [0.25, 0.3) is 0 Å². The van der Waals surface area contributed by atoms with E-state index in [1.54, 1.807) is 18.4 Å². The van der Waals surface area contributed by atoms with Crippen LogP contribution in [0.15, 0.2) is 47.5 Å². The van der Waals surface area contributed by atoms with Gasteiger partial charge >= 0.3 is 0 Å². The van der Waals surface area contributed by atoms with Crippen LogP contribution in [0.3, 0.4) is 0 Å². The van der Waals surface area contributed by atoms with Crippen molar-refractivity contribution in [2.24, 2.45) is 4.99 Å². The summed E-state index contributed by atoms with van der Waals surface area (Å²) in [6.45, 7) is 0. The number of hydrogen-bond acceptors (Lipinski definition) is 2. The minimum absolute atomic E-state index is 0. The quantitative estimate of drug-likeness (QED) is 0.696. The zero-order chi connectivity index (χ0) is 8.44. The average molecular weight is 175 g/mol. The van der Waals surface area contributed by atoms with E-state index in [4.69, 9.17) is 0 Å². The molecule has 1 atom stereocenters. The Hall–Kier alpha value is -1.41. The molecule has 1 aromatic carbocycles. The van der Waals surface area contributed by atoms with Gasteiger partial charge in [0.25, 0.3) is 0 Å². The maximum atomic E-state index is 9.88. The minimum Gasteiger partial charge on any atom is -0.362 e. The molecule has 0 fully saturated rings. The van der Waals surface area contributed by atoms with Crippen molar-refractivity contribution in [1.29, 1.82) is 0 Å². The molecule has 0 spiro atoms. The fraction of sp³-hybridized carbons (Fsp3) is 0.182. The molecule has 1 unspecified atom stereocenters. The highest BCUT2D eigenvalue weighted by Gasteiger charge is 2.25. The monoisotopic (exact) mass is 175 g/mol. The molecule has 0 amide bonds. The Morgan fingerprint density at radius 1 is 1.15 bits per heavy atom. The van der Waals surface area contributed by atoms with Gasteiger partial charge in [-0.15, -0.1) is 0 Å². The fourth-order valence-corrected chi connectivity index (χ4v) is 1.23. The summed E-state index contributed by atoms with van der Waals surface area (Å²) in [5.74, 6) is 0. The van der Waals surface area contributed by atoms with Gasteiger partial charge in [0.1, 0.15) is 0 Å². The van der Waals surface area contributed by atoms with Crippen LogP contribution < -0.4 is 0 Å². The number of aliphatic imine (C=N–C) groups is 1. The van der Waals surface area contributed by atoms with Crippen molar-refractivity contribution < 1.29 is 5.11 Å². The first-order valence-corrected chi connectivity index (χ1v) is 3.82. The Labute approximate surface area is 78.3 Å². The molecule has 68 valence electrons. The molecular weight excluding hydrogens is 162 g/mol. The summed E-state index contributed by atoms with van der Waals surface area (Å²) >= 11 is 0. The van der Waals surface area contributed by atoms with Crippen molar-refractivity contribution in [3.63, 3.8) is 0 Å². The molecule has 2 nitrogen and oxygen atoms in total. The third kappa shape index (κ3) is 1.68. The van der Waals surface area contributed by atoms with Crippen LogP contribution in [0.5, 0.6) is 0 Å². The second-order valence-electron chi connectivity index (χ2n) is 2.73. The van der Waals surface area contributed by atoms with Crippen LogP contribution in [-0.4, -0.2) is 11.3 Å². The number of hydrogen-bond donors (Lipinski definition) is 1. The van der Waals surface area contributed by atoms with E-state index in [0.29, 0.717) is 0 Å². The van der Waals surface area contributed by atoms with Gasteiger partial charge in [0.15, 0.2) is 0 Å². The molecule has 0 bridgehead atoms. The minimum atomic E-state index is -1.12. The summed E-state index contributed by atoms with van der Waals surface area (Å²) in [7, 11) is 0. The first kappa shape index (κ1) is 9.68. The smallest absolute Gasteiger partial charge is 0.202 e. The van der Waals surface area contributed by atoms with Crippen LogP contribution in [-0.2, 0) is 5.72 Å². The number of benzene rings is 1. The zero-order valence-electron chi connectivity index (χ0n) is 6.51. The predicted molar refractivity (Wildman–Crippen MR) is 54.7 cm³/mol. The number of allylic oxidation sites excluding steroid dienone is 1. The number of aliphatic hydroxyl groups is 1. The van der Waals surface area contributed by atoms with Crippen molar-refractivity contribution in [2.45, 2.75) is 13.2 Å². The molecule has 1 aliphatic rings. The molecule has 13 heavy (non-hydrogen) atoms. The van der Waals surface area contributed by atoms with Crippen molar-refractivity contribution >= 4 is 6.21 Å². The van der Waals surface area contributed by atoms with Crippen LogP contribution in [0, 0.1) is 0 Å². The zero-order valence-corrected chi connectivity index (χ0v) is 6.51. The van der Waals surface area contributed by atoms with E-state index in [2.05, 4.69) is 4.99 Å². The summed E-state index contributed by atoms with van der Waals surface area (Å²) in [5.41, 5.74) is -0.323. The molecule has 1 aliphatic heterocycles.